The van der Waals surface area contributed by atoms with Crippen LogP contribution in [0.1, 0.15) is 33.1 Å². The van der Waals surface area contributed by atoms with Crippen molar-refractivity contribution in [3.05, 3.63) is 12.2 Å². The van der Waals surface area contributed by atoms with Crippen LogP contribution in [0.15, 0.2) is 12.2 Å². The number of hydrogen-bond donors (Lipinski definition) is 1. The van der Waals surface area contributed by atoms with Crippen LogP contribution in [0.25, 0.3) is 0 Å². The first kappa shape index (κ1) is 10.5. The Morgan fingerprint density at radius 2 is 2.15 bits per heavy atom. The van der Waals surface area contributed by atoms with Crippen LogP contribution in [-0.2, 0) is 4.79 Å². The Morgan fingerprint density at radius 3 is 2.69 bits per heavy atom. The van der Waals surface area contributed by atoms with Crippen molar-refractivity contribution >= 4 is 5.78 Å². The van der Waals surface area contributed by atoms with Gasteiger partial charge < -0.3 is 5.11 Å². The van der Waals surface area contributed by atoms with E-state index in [1.54, 1.807) is 0 Å². The quantitative estimate of drug-likeness (QED) is 0.677. The van der Waals surface area contributed by atoms with E-state index in [1.165, 1.54) is 6.92 Å². The average molecular weight is 182 g/mol. The van der Waals surface area contributed by atoms with E-state index in [0.29, 0.717) is 12.3 Å². The molecule has 0 aromatic rings. The van der Waals surface area contributed by atoms with Crippen molar-refractivity contribution in [3.63, 3.8) is 0 Å². The molecular formula is C11H18O2. The minimum atomic E-state index is -0.447. The number of rotatable bonds is 3. The van der Waals surface area contributed by atoms with Gasteiger partial charge in [-0.3, -0.25) is 4.79 Å². The molecule has 0 saturated carbocycles. The minimum Gasteiger partial charge on any atom is -0.392 e. The number of aliphatic hydroxyl groups excluding tert-OH is 1. The fraction of sp³-hybridized carbons (Fsp3) is 0.727. The van der Waals surface area contributed by atoms with Gasteiger partial charge in [0.2, 0.25) is 0 Å². The molecule has 2 heteroatoms. The maximum absolute atomic E-state index is 10.8. The van der Waals surface area contributed by atoms with Gasteiger partial charge in [-0.1, -0.05) is 19.1 Å². The Labute approximate surface area is 79.6 Å². The molecule has 0 fully saturated rings. The molecule has 3 atom stereocenters. The van der Waals surface area contributed by atoms with Crippen LogP contribution >= 0.6 is 0 Å². The fourth-order valence-corrected chi connectivity index (χ4v) is 1.95. The number of carbonyl (C=O) groups excluding carboxylic acids is 1. The van der Waals surface area contributed by atoms with Crippen LogP contribution in [0.2, 0.25) is 0 Å². The molecule has 2 nitrogen and oxygen atoms in total. The molecule has 0 radical (unpaired) electrons. The molecule has 0 spiro atoms. The van der Waals surface area contributed by atoms with Gasteiger partial charge in [-0.15, -0.1) is 0 Å². The summed E-state index contributed by atoms with van der Waals surface area (Å²) < 4.78 is 0. The van der Waals surface area contributed by atoms with E-state index in [2.05, 4.69) is 19.1 Å². The second-order valence-corrected chi connectivity index (χ2v) is 4.06. The lowest BCUT2D eigenvalue weighted by Gasteiger charge is -2.29. The van der Waals surface area contributed by atoms with Crippen molar-refractivity contribution in [2.24, 2.45) is 11.8 Å². The zero-order valence-corrected chi connectivity index (χ0v) is 8.36. The third kappa shape index (κ3) is 2.96. The largest absolute Gasteiger partial charge is 0.392 e. The fourth-order valence-electron chi connectivity index (χ4n) is 1.95. The molecule has 1 rings (SSSR count). The van der Waals surface area contributed by atoms with Crippen molar-refractivity contribution in [2.45, 2.75) is 39.2 Å². The van der Waals surface area contributed by atoms with E-state index in [1.807, 2.05) is 0 Å². The number of Topliss-reactive ketones (excluding diaryl/α,β-unsaturated/α-hetero) is 1. The zero-order chi connectivity index (χ0) is 9.84. The van der Waals surface area contributed by atoms with E-state index in [-0.39, 0.29) is 11.7 Å². The van der Waals surface area contributed by atoms with Crippen molar-refractivity contribution in [1.29, 1.82) is 0 Å². The molecule has 0 bridgehead atoms. The summed E-state index contributed by atoms with van der Waals surface area (Å²) in [4.78, 5) is 10.8. The van der Waals surface area contributed by atoms with Crippen molar-refractivity contribution < 1.29 is 9.90 Å². The third-order valence-corrected chi connectivity index (χ3v) is 2.80. The van der Waals surface area contributed by atoms with Gasteiger partial charge in [0.05, 0.1) is 6.10 Å². The van der Waals surface area contributed by atoms with Gasteiger partial charge in [0.25, 0.3) is 0 Å². The Hall–Kier alpha value is -0.630. The van der Waals surface area contributed by atoms with Crippen LogP contribution < -0.4 is 0 Å². The highest BCUT2D eigenvalue weighted by Crippen LogP contribution is 2.29. The summed E-state index contributed by atoms with van der Waals surface area (Å²) in [6, 6.07) is 0. The lowest BCUT2D eigenvalue weighted by Crippen LogP contribution is -2.29. The minimum absolute atomic E-state index is 0.0780. The molecule has 13 heavy (non-hydrogen) atoms. The molecule has 1 aliphatic carbocycles. The van der Waals surface area contributed by atoms with Crippen LogP contribution in [0.4, 0.5) is 0 Å². The normalized spacial score (nSPS) is 30.1. The Morgan fingerprint density at radius 1 is 1.54 bits per heavy atom. The highest BCUT2D eigenvalue weighted by atomic mass is 16.3. The number of allylic oxidation sites excluding steroid dienone is 2. The van der Waals surface area contributed by atoms with Crippen LogP contribution in [0, 0.1) is 11.8 Å². The second kappa shape index (κ2) is 4.56. The van der Waals surface area contributed by atoms with Gasteiger partial charge in [0.15, 0.2) is 0 Å². The van der Waals surface area contributed by atoms with E-state index in [4.69, 9.17) is 0 Å². The van der Waals surface area contributed by atoms with E-state index in [9.17, 15) is 9.90 Å². The molecule has 3 unspecified atom stereocenters. The van der Waals surface area contributed by atoms with Gasteiger partial charge in [-0.25, -0.2) is 0 Å². The Kier molecular flexibility index (Phi) is 3.67. The van der Waals surface area contributed by atoms with Gasteiger partial charge >= 0.3 is 0 Å². The first-order valence-corrected chi connectivity index (χ1v) is 4.93. The summed E-state index contributed by atoms with van der Waals surface area (Å²) in [6.45, 7) is 3.67. The summed E-state index contributed by atoms with van der Waals surface area (Å²) in [6.07, 6.45) is 6.06. The van der Waals surface area contributed by atoms with Crippen molar-refractivity contribution in [3.8, 4) is 0 Å². The molecule has 0 saturated heterocycles. The summed E-state index contributed by atoms with van der Waals surface area (Å²) >= 11 is 0. The van der Waals surface area contributed by atoms with Crippen LogP contribution in [-0.4, -0.2) is 17.0 Å². The van der Waals surface area contributed by atoms with Crippen molar-refractivity contribution in [1.82, 2.24) is 0 Å². The molecule has 0 heterocycles. The summed E-state index contributed by atoms with van der Waals surface area (Å²) in [5.74, 6) is 0.850. The first-order chi connectivity index (χ1) is 6.11. The Balaban J connectivity index is 2.49. The molecule has 0 aliphatic heterocycles. The number of ketones is 1. The maximum atomic E-state index is 10.8. The zero-order valence-electron chi connectivity index (χ0n) is 8.36. The Bertz CT molecular complexity index is 208. The highest BCUT2D eigenvalue weighted by molar-refractivity contribution is 5.75. The molecule has 74 valence electrons. The highest BCUT2D eigenvalue weighted by Gasteiger charge is 2.26. The number of hydrogen-bond acceptors (Lipinski definition) is 2. The standard InChI is InChI=1S/C11H18O2/c1-8-5-3-4-6-10(8)11(13)7-9(2)12/h3-4,8,10-11,13H,5-7H2,1-2H3. The molecule has 1 N–H and O–H groups in total. The maximum Gasteiger partial charge on any atom is 0.132 e. The van der Waals surface area contributed by atoms with E-state index >= 15 is 0 Å². The monoisotopic (exact) mass is 182 g/mol. The lowest BCUT2D eigenvalue weighted by molar-refractivity contribution is -0.119. The second-order valence-electron chi connectivity index (χ2n) is 4.06. The third-order valence-electron chi connectivity index (χ3n) is 2.80. The lowest BCUT2D eigenvalue weighted by atomic mass is 9.79. The predicted octanol–water partition coefficient (Wildman–Crippen LogP) is 1.93. The molecule has 0 amide bonds. The van der Waals surface area contributed by atoms with Crippen molar-refractivity contribution in [2.75, 3.05) is 0 Å². The molecule has 0 aromatic heterocycles. The number of aliphatic hydroxyl groups is 1. The SMILES string of the molecule is CC(=O)CC(O)C1CC=CCC1C. The van der Waals surface area contributed by atoms with Crippen LogP contribution in [0.5, 0.6) is 0 Å². The number of carbonyl (C=O) groups is 1. The molecule has 0 aromatic carbocycles. The van der Waals surface area contributed by atoms with E-state index < -0.39 is 6.10 Å². The van der Waals surface area contributed by atoms with E-state index in [0.717, 1.165) is 12.8 Å². The summed E-state index contributed by atoms with van der Waals surface area (Å²) in [7, 11) is 0. The molecule has 1 aliphatic rings. The van der Waals surface area contributed by atoms with Gasteiger partial charge in [0.1, 0.15) is 5.78 Å². The summed E-state index contributed by atoms with van der Waals surface area (Å²) in [5.41, 5.74) is 0. The smallest absolute Gasteiger partial charge is 0.132 e. The predicted molar refractivity (Wildman–Crippen MR) is 52.3 cm³/mol. The average Bonchev–Trinajstić information content (AvgIpc) is 2.03. The van der Waals surface area contributed by atoms with Gasteiger partial charge in [-0.05, 0) is 31.6 Å². The first-order valence-electron chi connectivity index (χ1n) is 4.93. The van der Waals surface area contributed by atoms with Crippen LogP contribution in [0.3, 0.4) is 0 Å². The topological polar surface area (TPSA) is 37.3 Å². The van der Waals surface area contributed by atoms with Gasteiger partial charge in [-0.2, -0.15) is 0 Å². The van der Waals surface area contributed by atoms with Gasteiger partial charge in [0, 0.05) is 6.42 Å². The molecular weight excluding hydrogens is 164 g/mol. The summed E-state index contributed by atoms with van der Waals surface area (Å²) in [5, 5.41) is 9.76.